The van der Waals surface area contributed by atoms with Crippen LogP contribution in [0.3, 0.4) is 0 Å². The first-order valence-corrected chi connectivity index (χ1v) is 5.79. The summed E-state index contributed by atoms with van der Waals surface area (Å²) in [6.45, 7) is 2.26. The van der Waals surface area contributed by atoms with Crippen molar-refractivity contribution in [3.63, 3.8) is 0 Å². The summed E-state index contributed by atoms with van der Waals surface area (Å²) in [5.74, 6) is 0.891. The fourth-order valence-corrected chi connectivity index (χ4v) is 2.74. The quantitative estimate of drug-likeness (QED) is 0.558. The van der Waals surface area contributed by atoms with Crippen molar-refractivity contribution in [3.05, 3.63) is 47.0 Å². The maximum atomic E-state index is 11.6. The molecule has 0 heterocycles. The molecule has 2 bridgehead atoms. The third-order valence-corrected chi connectivity index (χ3v) is 3.48. The predicted molar refractivity (Wildman–Crippen MR) is 61.6 cm³/mol. The minimum Gasteiger partial charge on any atom is -0.462 e. The van der Waals surface area contributed by atoms with Gasteiger partial charge in [0.1, 0.15) is 0 Å². The van der Waals surface area contributed by atoms with Crippen LogP contribution in [-0.4, -0.2) is 12.6 Å². The number of rotatable bonds is 2. The number of ether oxygens (including phenoxy) is 1. The Morgan fingerprint density at radius 1 is 1.31 bits per heavy atom. The molecule has 2 aliphatic rings. The molecular formula is C14H14O2. The van der Waals surface area contributed by atoms with Gasteiger partial charge in [0.05, 0.1) is 12.2 Å². The number of carbonyl (C=O) groups is 1. The van der Waals surface area contributed by atoms with Crippen molar-refractivity contribution in [2.24, 2.45) is 0 Å². The number of benzene rings is 1. The van der Waals surface area contributed by atoms with Crippen LogP contribution in [-0.2, 0) is 4.74 Å². The second-order valence-corrected chi connectivity index (χ2v) is 4.40. The molecule has 0 radical (unpaired) electrons. The molecule has 2 unspecified atom stereocenters. The van der Waals surface area contributed by atoms with Gasteiger partial charge >= 0.3 is 5.97 Å². The highest BCUT2D eigenvalue weighted by Gasteiger charge is 2.32. The molecule has 16 heavy (non-hydrogen) atoms. The lowest BCUT2D eigenvalue weighted by Gasteiger charge is -2.11. The van der Waals surface area contributed by atoms with Gasteiger partial charge in [0, 0.05) is 11.8 Å². The van der Waals surface area contributed by atoms with Crippen molar-refractivity contribution in [2.75, 3.05) is 6.61 Å². The van der Waals surface area contributed by atoms with Crippen LogP contribution in [0.15, 0.2) is 30.4 Å². The van der Waals surface area contributed by atoms with Gasteiger partial charge in [-0.05, 0) is 36.6 Å². The van der Waals surface area contributed by atoms with Crippen LogP contribution in [0, 0.1) is 0 Å². The predicted octanol–water partition coefficient (Wildman–Crippen LogP) is 3.00. The van der Waals surface area contributed by atoms with Gasteiger partial charge < -0.3 is 4.74 Å². The van der Waals surface area contributed by atoms with Crippen LogP contribution in [0.5, 0.6) is 0 Å². The van der Waals surface area contributed by atoms with Gasteiger partial charge in [-0.2, -0.15) is 0 Å². The van der Waals surface area contributed by atoms with Gasteiger partial charge in [0.2, 0.25) is 0 Å². The Kier molecular flexibility index (Phi) is 2.10. The van der Waals surface area contributed by atoms with E-state index in [0.717, 1.165) is 0 Å². The first-order chi connectivity index (χ1) is 7.79. The lowest BCUT2D eigenvalue weighted by atomic mass is 9.95. The summed E-state index contributed by atoms with van der Waals surface area (Å²) >= 11 is 0. The van der Waals surface area contributed by atoms with Crippen LogP contribution in [0.1, 0.15) is 46.7 Å². The number of allylic oxidation sites excluding steroid dienone is 2. The summed E-state index contributed by atoms with van der Waals surface area (Å²) in [6, 6.07) is 5.96. The van der Waals surface area contributed by atoms with E-state index in [4.69, 9.17) is 4.74 Å². The highest BCUT2D eigenvalue weighted by Crippen LogP contribution is 2.48. The summed E-state index contributed by atoms with van der Waals surface area (Å²) in [5, 5.41) is 0. The molecule has 82 valence electrons. The lowest BCUT2D eigenvalue weighted by molar-refractivity contribution is 0.0526. The molecule has 2 atom stereocenters. The molecule has 1 aromatic rings. The minimum atomic E-state index is -0.211. The molecule has 0 amide bonds. The second kappa shape index (κ2) is 3.48. The van der Waals surface area contributed by atoms with Crippen molar-refractivity contribution in [1.29, 1.82) is 0 Å². The van der Waals surface area contributed by atoms with Crippen LogP contribution in [0.25, 0.3) is 0 Å². The van der Waals surface area contributed by atoms with Gasteiger partial charge in [-0.3, -0.25) is 0 Å². The Morgan fingerprint density at radius 2 is 2.06 bits per heavy atom. The Morgan fingerprint density at radius 3 is 2.81 bits per heavy atom. The highest BCUT2D eigenvalue weighted by molar-refractivity contribution is 5.90. The molecule has 0 N–H and O–H groups in total. The van der Waals surface area contributed by atoms with E-state index in [1.807, 2.05) is 19.1 Å². The summed E-state index contributed by atoms with van der Waals surface area (Å²) in [6.07, 6.45) is 5.71. The zero-order chi connectivity index (χ0) is 11.1. The van der Waals surface area contributed by atoms with Crippen LogP contribution >= 0.6 is 0 Å². The molecule has 2 nitrogen and oxygen atoms in total. The van der Waals surface area contributed by atoms with Crippen LogP contribution in [0.2, 0.25) is 0 Å². The zero-order valence-corrected chi connectivity index (χ0v) is 9.27. The molecule has 2 heteroatoms. The largest absolute Gasteiger partial charge is 0.462 e. The standard InChI is InChI=1S/C14H14O2/c1-2-16-14(15)11-5-6-12-9-3-4-10(7-9)13(12)8-11/h3-6,8-10H,2,7H2,1H3. The fourth-order valence-electron chi connectivity index (χ4n) is 2.74. The van der Waals surface area contributed by atoms with E-state index < -0.39 is 0 Å². The minimum absolute atomic E-state index is 0.211. The van der Waals surface area contributed by atoms with Gasteiger partial charge in [-0.25, -0.2) is 4.79 Å². The molecular weight excluding hydrogens is 200 g/mol. The maximum absolute atomic E-state index is 11.6. The fraction of sp³-hybridized carbons (Fsp3) is 0.357. The van der Waals surface area contributed by atoms with Crippen molar-refractivity contribution in [3.8, 4) is 0 Å². The molecule has 0 saturated carbocycles. The average Bonchev–Trinajstić information content (AvgIpc) is 2.90. The Labute approximate surface area is 94.9 Å². The molecule has 0 spiro atoms. The molecule has 0 aliphatic heterocycles. The Bertz CT molecular complexity index is 474. The van der Waals surface area contributed by atoms with Gasteiger partial charge in [-0.15, -0.1) is 0 Å². The number of fused-ring (bicyclic) bond motifs is 5. The maximum Gasteiger partial charge on any atom is 0.338 e. The second-order valence-electron chi connectivity index (χ2n) is 4.40. The van der Waals surface area contributed by atoms with Gasteiger partial charge in [0.15, 0.2) is 0 Å². The summed E-state index contributed by atoms with van der Waals surface area (Å²) in [5.41, 5.74) is 3.39. The van der Waals surface area contributed by atoms with Crippen LogP contribution < -0.4 is 0 Å². The van der Waals surface area contributed by atoms with Gasteiger partial charge in [0.25, 0.3) is 0 Å². The molecule has 0 aromatic heterocycles. The number of carbonyl (C=O) groups excluding carboxylic acids is 1. The third-order valence-electron chi connectivity index (χ3n) is 3.48. The zero-order valence-electron chi connectivity index (χ0n) is 9.27. The Balaban J connectivity index is 1.96. The molecule has 0 saturated heterocycles. The summed E-state index contributed by atoms with van der Waals surface area (Å²) in [7, 11) is 0. The summed E-state index contributed by atoms with van der Waals surface area (Å²) < 4.78 is 5.01. The van der Waals surface area contributed by atoms with E-state index in [0.29, 0.717) is 24.0 Å². The smallest absolute Gasteiger partial charge is 0.338 e. The van der Waals surface area contributed by atoms with Gasteiger partial charge in [-0.1, -0.05) is 18.2 Å². The van der Waals surface area contributed by atoms with E-state index in [9.17, 15) is 4.79 Å². The number of esters is 1. The van der Waals surface area contributed by atoms with E-state index in [2.05, 4.69) is 18.2 Å². The summed E-state index contributed by atoms with van der Waals surface area (Å²) in [4.78, 5) is 11.6. The molecule has 1 aromatic carbocycles. The molecule has 3 rings (SSSR count). The lowest BCUT2D eigenvalue weighted by Crippen LogP contribution is -2.06. The van der Waals surface area contributed by atoms with Crippen LogP contribution in [0.4, 0.5) is 0 Å². The van der Waals surface area contributed by atoms with Crippen molar-refractivity contribution >= 4 is 5.97 Å². The van der Waals surface area contributed by atoms with Crippen molar-refractivity contribution in [1.82, 2.24) is 0 Å². The average molecular weight is 214 g/mol. The normalized spacial score (nSPS) is 24.6. The van der Waals surface area contributed by atoms with E-state index in [1.165, 1.54) is 17.5 Å². The number of hydrogen-bond acceptors (Lipinski definition) is 2. The van der Waals surface area contributed by atoms with Crippen molar-refractivity contribution in [2.45, 2.75) is 25.2 Å². The van der Waals surface area contributed by atoms with E-state index in [1.54, 1.807) is 0 Å². The number of hydrogen-bond donors (Lipinski definition) is 0. The first kappa shape index (κ1) is 9.64. The topological polar surface area (TPSA) is 26.3 Å². The van der Waals surface area contributed by atoms with E-state index in [-0.39, 0.29) is 5.97 Å². The highest BCUT2D eigenvalue weighted by atomic mass is 16.5. The monoisotopic (exact) mass is 214 g/mol. The SMILES string of the molecule is CCOC(=O)c1ccc2c(c1)C1C=CC2C1. The molecule has 2 aliphatic carbocycles. The van der Waals surface area contributed by atoms with E-state index >= 15 is 0 Å². The third kappa shape index (κ3) is 1.29. The Hall–Kier alpha value is -1.57. The molecule has 0 fully saturated rings. The van der Waals surface area contributed by atoms with Crippen molar-refractivity contribution < 1.29 is 9.53 Å². The first-order valence-electron chi connectivity index (χ1n) is 5.79.